The number of hydrogen-bond acceptors (Lipinski definition) is 15. The number of esters is 4. The molecule has 0 radical (unpaired) electrons. The fourth-order valence-corrected chi connectivity index (χ4v) is 12.1. The van der Waals surface area contributed by atoms with Gasteiger partial charge in [0.1, 0.15) is 19.3 Å². The molecule has 2 unspecified atom stereocenters. The summed E-state index contributed by atoms with van der Waals surface area (Å²) in [6.45, 7) is 11.8. The number of rotatable bonds is 68. The van der Waals surface area contributed by atoms with Crippen LogP contribution in [0.15, 0.2) is 0 Å². The van der Waals surface area contributed by atoms with E-state index < -0.39 is 97.5 Å². The molecule has 0 aliphatic heterocycles. The molecule has 0 heterocycles. The molecule has 0 aliphatic carbocycles. The Bertz CT molecular complexity index is 1750. The lowest BCUT2D eigenvalue weighted by Gasteiger charge is -2.21. The van der Waals surface area contributed by atoms with Crippen LogP contribution in [0.4, 0.5) is 0 Å². The summed E-state index contributed by atoms with van der Waals surface area (Å²) in [5.41, 5.74) is 0. The second-order valence-corrected chi connectivity index (χ2v) is 29.6. The SMILES string of the molecule is CCCCCCCCCCCCC(=O)OC[C@H](COP(=O)(O)OC[C@H](O)COP(=O)(O)OC[C@@H](COC(=O)CCCCCCCCCCCCC(C)C)OC(=O)CCCCCCCCCCCCC(C)C)OC(=O)CCCCCCCCCCCCC(C)C. The van der Waals surface area contributed by atoms with Gasteiger partial charge in [0, 0.05) is 25.7 Å². The minimum Gasteiger partial charge on any atom is -0.462 e. The minimum absolute atomic E-state index is 0.105. The van der Waals surface area contributed by atoms with Gasteiger partial charge in [-0.1, -0.05) is 299 Å². The van der Waals surface area contributed by atoms with Crippen molar-refractivity contribution < 1.29 is 80.2 Å². The average molecular weight is 1310 g/mol. The third-order valence-corrected chi connectivity index (χ3v) is 18.0. The van der Waals surface area contributed by atoms with E-state index in [-0.39, 0.29) is 25.7 Å². The fourth-order valence-electron chi connectivity index (χ4n) is 10.5. The number of carbonyl (C=O) groups excluding carboxylic acids is 4. The van der Waals surface area contributed by atoms with Crippen LogP contribution in [0, 0.1) is 17.8 Å². The molecule has 0 aromatic carbocycles. The third-order valence-electron chi connectivity index (χ3n) is 16.1. The lowest BCUT2D eigenvalue weighted by atomic mass is 10.0. The molecule has 0 rings (SSSR count). The molecule has 0 amide bonds. The lowest BCUT2D eigenvalue weighted by Crippen LogP contribution is -2.30. The Labute approximate surface area is 543 Å². The van der Waals surface area contributed by atoms with E-state index in [1.54, 1.807) is 0 Å². The summed E-state index contributed by atoms with van der Waals surface area (Å²) in [6, 6.07) is 0. The highest BCUT2D eigenvalue weighted by Gasteiger charge is 2.30. The molecule has 5 atom stereocenters. The normalized spacial score (nSPS) is 14.2. The quantitative estimate of drug-likeness (QED) is 0.0222. The molecule has 0 saturated carbocycles. The summed E-state index contributed by atoms with van der Waals surface area (Å²) in [5.74, 6) is 0.137. The van der Waals surface area contributed by atoms with Crippen molar-refractivity contribution in [3.05, 3.63) is 0 Å². The molecule has 17 nitrogen and oxygen atoms in total. The van der Waals surface area contributed by atoms with Crippen molar-refractivity contribution in [3.8, 4) is 0 Å². The molecule has 0 aromatic rings. The number of aliphatic hydroxyl groups is 1. The topological polar surface area (TPSA) is 237 Å². The van der Waals surface area contributed by atoms with Gasteiger partial charge in [-0.25, -0.2) is 9.13 Å². The predicted octanol–water partition coefficient (Wildman–Crippen LogP) is 19.8. The second kappa shape index (κ2) is 61.0. The highest BCUT2D eigenvalue weighted by atomic mass is 31.2. The standard InChI is InChI=1S/C70H136O17P2/c1-8-9-10-11-12-13-23-30-37-44-51-67(72)80-57-65(86-69(74)53-46-39-32-25-18-15-21-28-35-42-49-62(4)5)59-84-88(76,77)82-55-64(71)56-83-89(78,79)85-60-66(87-70(75)54-47-40-33-26-19-16-22-29-36-43-50-63(6)7)58-81-68(73)52-45-38-31-24-17-14-20-27-34-41-48-61(2)3/h61-66,71H,8-60H2,1-7H3,(H,76,77)(H,78,79)/t64-,65+,66+/m0/s1. The van der Waals surface area contributed by atoms with Gasteiger partial charge in [0.25, 0.3) is 0 Å². The highest BCUT2D eigenvalue weighted by Crippen LogP contribution is 2.45. The monoisotopic (exact) mass is 1310 g/mol. The van der Waals surface area contributed by atoms with Gasteiger partial charge in [-0.3, -0.25) is 37.3 Å². The van der Waals surface area contributed by atoms with E-state index in [4.69, 9.17) is 37.0 Å². The van der Waals surface area contributed by atoms with E-state index in [0.29, 0.717) is 25.7 Å². The second-order valence-electron chi connectivity index (χ2n) is 26.7. The number of hydrogen-bond donors (Lipinski definition) is 3. The zero-order valence-corrected chi connectivity index (χ0v) is 59.7. The Morgan fingerprint density at radius 1 is 0.303 bits per heavy atom. The number of aliphatic hydroxyl groups excluding tert-OH is 1. The first-order chi connectivity index (χ1) is 42.7. The zero-order chi connectivity index (χ0) is 65.9. The van der Waals surface area contributed by atoms with Gasteiger partial charge in [-0.15, -0.1) is 0 Å². The molecule has 528 valence electrons. The first-order valence-corrected chi connectivity index (χ1v) is 39.3. The first kappa shape index (κ1) is 87.1. The van der Waals surface area contributed by atoms with E-state index in [2.05, 4.69) is 48.5 Å². The van der Waals surface area contributed by atoms with Gasteiger partial charge >= 0.3 is 39.5 Å². The molecule has 0 fully saturated rings. The van der Waals surface area contributed by atoms with Crippen LogP contribution < -0.4 is 0 Å². The van der Waals surface area contributed by atoms with E-state index in [1.165, 1.54) is 161 Å². The molecule has 0 bridgehead atoms. The van der Waals surface area contributed by atoms with Gasteiger partial charge < -0.3 is 33.8 Å². The van der Waals surface area contributed by atoms with Crippen LogP contribution in [0.3, 0.4) is 0 Å². The Morgan fingerprint density at radius 3 is 0.764 bits per heavy atom. The van der Waals surface area contributed by atoms with Crippen LogP contribution in [0.2, 0.25) is 0 Å². The Balaban J connectivity index is 5.26. The van der Waals surface area contributed by atoms with Crippen molar-refractivity contribution in [2.75, 3.05) is 39.6 Å². The Morgan fingerprint density at radius 2 is 0.517 bits per heavy atom. The predicted molar refractivity (Wildman–Crippen MR) is 358 cm³/mol. The first-order valence-electron chi connectivity index (χ1n) is 36.3. The molecule has 19 heteroatoms. The van der Waals surface area contributed by atoms with Crippen molar-refractivity contribution in [3.63, 3.8) is 0 Å². The molecule has 3 N–H and O–H groups in total. The summed E-state index contributed by atoms with van der Waals surface area (Å²) >= 11 is 0. The zero-order valence-electron chi connectivity index (χ0n) is 57.9. The molecule has 0 spiro atoms. The molecule has 0 aromatic heterocycles. The molecular formula is C70H136O17P2. The maximum atomic E-state index is 13.0. The highest BCUT2D eigenvalue weighted by molar-refractivity contribution is 7.47. The van der Waals surface area contributed by atoms with Gasteiger partial charge in [-0.2, -0.15) is 0 Å². The van der Waals surface area contributed by atoms with Crippen LogP contribution in [0.25, 0.3) is 0 Å². The Hall–Kier alpha value is -1.94. The number of ether oxygens (including phenoxy) is 4. The lowest BCUT2D eigenvalue weighted by molar-refractivity contribution is -0.161. The van der Waals surface area contributed by atoms with E-state index >= 15 is 0 Å². The van der Waals surface area contributed by atoms with E-state index in [9.17, 15) is 43.2 Å². The minimum atomic E-state index is -4.95. The number of phosphoric acid groups is 2. The van der Waals surface area contributed by atoms with Crippen LogP contribution in [-0.2, 0) is 65.4 Å². The Kier molecular flexibility index (Phi) is 59.6. The van der Waals surface area contributed by atoms with E-state index in [0.717, 1.165) is 108 Å². The largest absolute Gasteiger partial charge is 0.472 e. The van der Waals surface area contributed by atoms with Crippen molar-refractivity contribution in [2.24, 2.45) is 17.8 Å². The van der Waals surface area contributed by atoms with Crippen molar-refractivity contribution in [1.82, 2.24) is 0 Å². The van der Waals surface area contributed by atoms with Gasteiger partial charge in [-0.05, 0) is 43.4 Å². The summed E-state index contributed by atoms with van der Waals surface area (Å²) in [6.07, 6.45) is 44.3. The summed E-state index contributed by atoms with van der Waals surface area (Å²) in [5, 5.41) is 10.6. The van der Waals surface area contributed by atoms with Crippen LogP contribution >= 0.6 is 15.6 Å². The number of carbonyl (C=O) groups is 4. The third kappa shape index (κ3) is 64.6. The molecule has 0 aliphatic rings. The summed E-state index contributed by atoms with van der Waals surface area (Å²) in [7, 11) is -9.90. The summed E-state index contributed by atoms with van der Waals surface area (Å²) in [4.78, 5) is 72.5. The van der Waals surface area contributed by atoms with Crippen molar-refractivity contribution in [1.29, 1.82) is 0 Å². The van der Waals surface area contributed by atoms with E-state index in [1.807, 2.05) is 0 Å². The molecular weight excluding hydrogens is 1170 g/mol. The average Bonchev–Trinajstić information content (AvgIpc) is 3.68. The van der Waals surface area contributed by atoms with Crippen molar-refractivity contribution >= 4 is 39.5 Å². The number of phosphoric ester groups is 2. The van der Waals surface area contributed by atoms with Crippen LogP contribution in [-0.4, -0.2) is 96.7 Å². The van der Waals surface area contributed by atoms with Crippen molar-refractivity contribution in [2.45, 2.75) is 369 Å². The van der Waals surface area contributed by atoms with Crippen LogP contribution in [0.1, 0.15) is 350 Å². The maximum absolute atomic E-state index is 13.0. The maximum Gasteiger partial charge on any atom is 0.472 e. The molecule has 0 saturated heterocycles. The number of unbranched alkanes of at least 4 members (excludes halogenated alkanes) is 36. The van der Waals surface area contributed by atoms with Gasteiger partial charge in [0.05, 0.1) is 26.4 Å². The van der Waals surface area contributed by atoms with Gasteiger partial charge in [0.2, 0.25) is 0 Å². The summed E-state index contributed by atoms with van der Waals surface area (Å²) < 4.78 is 68.3. The van der Waals surface area contributed by atoms with Gasteiger partial charge in [0.15, 0.2) is 12.2 Å². The fraction of sp³-hybridized carbons (Fsp3) is 0.943. The molecule has 89 heavy (non-hydrogen) atoms. The van der Waals surface area contributed by atoms with Crippen LogP contribution in [0.5, 0.6) is 0 Å². The smallest absolute Gasteiger partial charge is 0.462 e.